The third-order valence-electron chi connectivity index (χ3n) is 3.93. The molecule has 0 saturated carbocycles. The predicted octanol–water partition coefficient (Wildman–Crippen LogP) is 2.89. The largest absolute Gasteiger partial charge is 0.313 e. The lowest BCUT2D eigenvalue weighted by molar-refractivity contribution is 0.203. The summed E-state index contributed by atoms with van der Waals surface area (Å²) in [4.78, 5) is 2.61. The second-order valence-electron chi connectivity index (χ2n) is 5.20. The van der Waals surface area contributed by atoms with Gasteiger partial charge < -0.3 is 10.2 Å². The SMILES string of the molecule is CCCCN(CC)CC1CC(CC)CCN1. The first kappa shape index (κ1) is 14.0. The molecule has 0 aromatic heterocycles. The van der Waals surface area contributed by atoms with Crippen LogP contribution in [-0.2, 0) is 0 Å². The first-order chi connectivity index (χ1) is 7.80. The summed E-state index contributed by atoms with van der Waals surface area (Å²) >= 11 is 0. The van der Waals surface area contributed by atoms with E-state index in [-0.39, 0.29) is 0 Å². The molecule has 1 aliphatic rings. The molecule has 0 aromatic carbocycles. The van der Waals surface area contributed by atoms with Crippen LogP contribution in [0.15, 0.2) is 0 Å². The molecule has 2 unspecified atom stereocenters. The molecule has 1 saturated heterocycles. The maximum absolute atomic E-state index is 3.68. The van der Waals surface area contributed by atoms with Crippen molar-refractivity contribution in [1.29, 1.82) is 0 Å². The number of hydrogen-bond donors (Lipinski definition) is 1. The summed E-state index contributed by atoms with van der Waals surface area (Å²) in [7, 11) is 0. The van der Waals surface area contributed by atoms with E-state index in [1.165, 1.54) is 58.3 Å². The van der Waals surface area contributed by atoms with E-state index in [0.717, 1.165) is 12.0 Å². The van der Waals surface area contributed by atoms with Crippen molar-refractivity contribution in [3.8, 4) is 0 Å². The van der Waals surface area contributed by atoms with Crippen LogP contribution in [0.2, 0.25) is 0 Å². The Labute approximate surface area is 102 Å². The molecule has 2 atom stereocenters. The number of nitrogens with one attached hydrogen (secondary N) is 1. The molecule has 0 amide bonds. The molecule has 2 nitrogen and oxygen atoms in total. The fourth-order valence-electron chi connectivity index (χ4n) is 2.68. The minimum absolute atomic E-state index is 0.746. The zero-order chi connectivity index (χ0) is 11.8. The summed E-state index contributed by atoms with van der Waals surface area (Å²) in [5.41, 5.74) is 0. The fraction of sp³-hybridized carbons (Fsp3) is 1.00. The van der Waals surface area contributed by atoms with E-state index in [2.05, 4.69) is 31.0 Å². The molecular weight excluding hydrogens is 196 g/mol. The zero-order valence-electron chi connectivity index (χ0n) is 11.5. The highest BCUT2D eigenvalue weighted by atomic mass is 15.1. The van der Waals surface area contributed by atoms with Crippen molar-refractivity contribution < 1.29 is 0 Å². The molecule has 1 N–H and O–H groups in total. The molecule has 16 heavy (non-hydrogen) atoms. The van der Waals surface area contributed by atoms with E-state index in [9.17, 15) is 0 Å². The van der Waals surface area contributed by atoms with Crippen molar-refractivity contribution in [2.45, 2.75) is 58.9 Å². The lowest BCUT2D eigenvalue weighted by Crippen LogP contribution is -2.46. The van der Waals surface area contributed by atoms with Crippen molar-refractivity contribution in [3.05, 3.63) is 0 Å². The predicted molar refractivity (Wildman–Crippen MR) is 71.8 cm³/mol. The van der Waals surface area contributed by atoms with Gasteiger partial charge in [0.1, 0.15) is 0 Å². The topological polar surface area (TPSA) is 15.3 Å². The number of rotatable bonds is 7. The third-order valence-corrected chi connectivity index (χ3v) is 3.93. The number of piperidine rings is 1. The summed E-state index contributed by atoms with van der Waals surface area (Å²) in [6.45, 7) is 11.9. The number of hydrogen-bond acceptors (Lipinski definition) is 2. The molecule has 1 aliphatic heterocycles. The molecule has 1 heterocycles. The first-order valence-corrected chi connectivity index (χ1v) is 7.25. The van der Waals surface area contributed by atoms with Gasteiger partial charge in [-0.25, -0.2) is 0 Å². The van der Waals surface area contributed by atoms with Gasteiger partial charge in [0.25, 0.3) is 0 Å². The minimum atomic E-state index is 0.746. The Balaban J connectivity index is 2.27. The Morgan fingerprint density at radius 3 is 2.69 bits per heavy atom. The van der Waals surface area contributed by atoms with Gasteiger partial charge in [-0.2, -0.15) is 0 Å². The average molecular weight is 226 g/mol. The Morgan fingerprint density at radius 2 is 2.06 bits per heavy atom. The van der Waals surface area contributed by atoms with Gasteiger partial charge in [-0.15, -0.1) is 0 Å². The van der Waals surface area contributed by atoms with Crippen LogP contribution < -0.4 is 5.32 Å². The summed E-state index contributed by atoms with van der Waals surface area (Å²) < 4.78 is 0. The molecule has 0 spiro atoms. The summed E-state index contributed by atoms with van der Waals surface area (Å²) in [6.07, 6.45) is 6.79. The number of unbranched alkanes of at least 4 members (excludes halogenated alkanes) is 1. The van der Waals surface area contributed by atoms with Crippen LogP contribution in [0.3, 0.4) is 0 Å². The Bertz CT molecular complexity index is 170. The van der Waals surface area contributed by atoms with E-state index in [1.54, 1.807) is 0 Å². The Kier molecular flexibility index (Phi) is 7.06. The van der Waals surface area contributed by atoms with Crippen LogP contribution in [0, 0.1) is 5.92 Å². The van der Waals surface area contributed by atoms with E-state index in [4.69, 9.17) is 0 Å². The lowest BCUT2D eigenvalue weighted by atomic mass is 9.90. The maximum Gasteiger partial charge on any atom is 0.0197 e. The molecule has 96 valence electrons. The molecule has 1 fully saturated rings. The number of likely N-dealkylation sites (N-methyl/N-ethyl adjacent to an activating group) is 1. The van der Waals surface area contributed by atoms with Crippen LogP contribution in [0.5, 0.6) is 0 Å². The quantitative estimate of drug-likeness (QED) is 0.718. The van der Waals surface area contributed by atoms with E-state index in [1.807, 2.05) is 0 Å². The second kappa shape index (κ2) is 8.08. The van der Waals surface area contributed by atoms with Gasteiger partial charge in [-0.05, 0) is 44.8 Å². The molecule has 0 aromatic rings. The van der Waals surface area contributed by atoms with Gasteiger partial charge in [-0.1, -0.05) is 33.6 Å². The molecule has 1 rings (SSSR count). The van der Waals surface area contributed by atoms with E-state index in [0.29, 0.717) is 0 Å². The molecule has 0 radical (unpaired) electrons. The van der Waals surface area contributed by atoms with Crippen molar-refractivity contribution in [2.75, 3.05) is 26.2 Å². The van der Waals surface area contributed by atoms with E-state index < -0.39 is 0 Å². The molecule has 0 aliphatic carbocycles. The van der Waals surface area contributed by atoms with Crippen LogP contribution >= 0.6 is 0 Å². The van der Waals surface area contributed by atoms with Crippen molar-refractivity contribution >= 4 is 0 Å². The molecular formula is C14H30N2. The average Bonchev–Trinajstić information content (AvgIpc) is 2.34. The maximum atomic E-state index is 3.68. The van der Waals surface area contributed by atoms with Gasteiger partial charge in [0, 0.05) is 12.6 Å². The monoisotopic (exact) mass is 226 g/mol. The fourth-order valence-corrected chi connectivity index (χ4v) is 2.68. The van der Waals surface area contributed by atoms with Crippen LogP contribution in [0.4, 0.5) is 0 Å². The highest BCUT2D eigenvalue weighted by Crippen LogP contribution is 2.19. The highest BCUT2D eigenvalue weighted by Gasteiger charge is 2.21. The van der Waals surface area contributed by atoms with Crippen LogP contribution in [-0.4, -0.2) is 37.1 Å². The van der Waals surface area contributed by atoms with Gasteiger partial charge in [-0.3, -0.25) is 0 Å². The van der Waals surface area contributed by atoms with Gasteiger partial charge in [0.05, 0.1) is 0 Å². The van der Waals surface area contributed by atoms with Crippen LogP contribution in [0.1, 0.15) is 52.9 Å². The summed E-state index contributed by atoms with van der Waals surface area (Å²) in [6, 6.07) is 0.746. The number of nitrogens with zero attached hydrogens (tertiary/aromatic N) is 1. The lowest BCUT2D eigenvalue weighted by Gasteiger charge is -2.33. The first-order valence-electron chi connectivity index (χ1n) is 7.25. The zero-order valence-corrected chi connectivity index (χ0v) is 11.5. The Hall–Kier alpha value is -0.0800. The minimum Gasteiger partial charge on any atom is -0.313 e. The van der Waals surface area contributed by atoms with Crippen LogP contribution in [0.25, 0.3) is 0 Å². The molecule has 2 heteroatoms. The standard InChI is InChI=1S/C14H30N2/c1-4-7-10-16(6-3)12-14-11-13(5-2)8-9-15-14/h13-15H,4-12H2,1-3H3. The summed E-state index contributed by atoms with van der Waals surface area (Å²) in [5.74, 6) is 0.969. The van der Waals surface area contributed by atoms with Crippen molar-refractivity contribution in [3.63, 3.8) is 0 Å². The van der Waals surface area contributed by atoms with Crippen molar-refractivity contribution in [2.24, 2.45) is 5.92 Å². The Morgan fingerprint density at radius 1 is 1.25 bits per heavy atom. The third kappa shape index (κ3) is 4.84. The summed E-state index contributed by atoms with van der Waals surface area (Å²) in [5, 5.41) is 3.68. The normalized spacial score (nSPS) is 26.2. The smallest absolute Gasteiger partial charge is 0.0197 e. The highest BCUT2D eigenvalue weighted by molar-refractivity contribution is 4.80. The van der Waals surface area contributed by atoms with Crippen molar-refractivity contribution in [1.82, 2.24) is 10.2 Å². The molecule has 0 bridgehead atoms. The van der Waals surface area contributed by atoms with Gasteiger partial charge in [0.2, 0.25) is 0 Å². The second-order valence-corrected chi connectivity index (χ2v) is 5.20. The van der Waals surface area contributed by atoms with Gasteiger partial charge >= 0.3 is 0 Å². The van der Waals surface area contributed by atoms with E-state index >= 15 is 0 Å². The van der Waals surface area contributed by atoms with Gasteiger partial charge in [0.15, 0.2) is 0 Å².